The largest absolute Gasteiger partial charge is 0.481 e. The minimum absolute atomic E-state index is 0.0144. The number of hydrogen-bond acceptors (Lipinski definition) is 3. The fourth-order valence-corrected chi connectivity index (χ4v) is 4.76. The lowest BCUT2D eigenvalue weighted by Gasteiger charge is -2.27. The van der Waals surface area contributed by atoms with Crippen molar-refractivity contribution in [2.24, 2.45) is 17.8 Å². The molecule has 3 atom stereocenters. The zero-order valence-corrected chi connectivity index (χ0v) is 20.7. The van der Waals surface area contributed by atoms with Crippen LogP contribution in [-0.2, 0) is 14.3 Å². The summed E-state index contributed by atoms with van der Waals surface area (Å²) >= 11 is 0. The predicted molar refractivity (Wildman–Crippen MR) is 128 cm³/mol. The van der Waals surface area contributed by atoms with Gasteiger partial charge in [-0.05, 0) is 50.9 Å². The molecule has 0 amide bonds. The summed E-state index contributed by atoms with van der Waals surface area (Å²) < 4.78 is 5.95. The molecule has 0 saturated heterocycles. The van der Waals surface area contributed by atoms with Crippen LogP contribution in [0.1, 0.15) is 136 Å². The lowest BCUT2D eigenvalue weighted by atomic mass is 9.81. The fraction of sp³-hybridized carbons (Fsp3) is 0.926. The smallest absolute Gasteiger partial charge is 0.309 e. The van der Waals surface area contributed by atoms with Gasteiger partial charge in [0.25, 0.3) is 0 Å². The Balaban J connectivity index is 2.32. The third-order valence-corrected chi connectivity index (χ3v) is 6.83. The molecule has 0 radical (unpaired) electrons. The molecular formula is C27H50O4. The molecule has 0 aliphatic heterocycles. The van der Waals surface area contributed by atoms with Crippen molar-refractivity contribution >= 4 is 11.9 Å². The maximum atomic E-state index is 12.7. The highest BCUT2D eigenvalue weighted by Gasteiger charge is 2.32. The van der Waals surface area contributed by atoms with Gasteiger partial charge < -0.3 is 9.84 Å². The molecule has 1 rings (SSSR count). The number of unbranched alkanes of at least 4 members (excludes halogenated alkanes) is 9. The third kappa shape index (κ3) is 13.9. The molecule has 0 spiro atoms. The summed E-state index contributed by atoms with van der Waals surface area (Å²) in [6, 6.07) is 0. The first-order valence-electron chi connectivity index (χ1n) is 13.4. The lowest BCUT2D eigenvalue weighted by molar-refractivity contribution is -0.158. The number of carboxylic acid groups (broad SMARTS) is 1. The number of carboxylic acids is 1. The van der Waals surface area contributed by atoms with Crippen LogP contribution in [0.3, 0.4) is 0 Å². The topological polar surface area (TPSA) is 63.6 Å². The van der Waals surface area contributed by atoms with Crippen LogP contribution in [0.2, 0.25) is 0 Å². The first kappa shape index (κ1) is 28.0. The van der Waals surface area contributed by atoms with E-state index in [1.807, 2.05) is 0 Å². The maximum absolute atomic E-state index is 12.7. The van der Waals surface area contributed by atoms with Crippen molar-refractivity contribution in [3.63, 3.8) is 0 Å². The van der Waals surface area contributed by atoms with E-state index in [1.54, 1.807) is 0 Å². The third-order valence-electron chi connectivity index (χ3n) is 6.83. The van der Waals surface area contributed by atoms with Crippen molar-refractivity contribution in [3.05, 3.63) is 0 Å². The van der Waals surface area contributed by atoms with Gasteiger partial charge >= 0.3 is 11.9 Å². The van der Waals surface area contributed by atoms with Crippen LogP contribution in [-0.4, -0.2) is 23.1 Å². The molecule has 1 fully saturated rings. The van der Waals surface area contributed by atoms with Gasteiger partial charge in [0.05, 0.1) is 11.8 Å². The van der Waals surface area contributed by atoms with Gasteiger partial charge in [0.15, 0.2) is 0 Å². The Labute approximate surface area is 191 Å². The Morgan fingerprint density at radius 3 is 1.87 bits per heavy atom. The van der Waals surface area contributed by atoms with Gasteiger partial charge in [-0.15, -0.1) is 0 Å². The molecular weight excluding hydrogens is 388 g/mol. The van der Waals surface area contributed by atoms with Crippen LogP contribution in [0.25, 0.3) is 0 Å². The zero-order valence-electron chi connectivity index (χ0n) is 20.7. The minimum Gasteiger partial charge on any atom is -0.481 e. The molecule has 182 valence electrons. The van der Waals surface area contributed by atoms with Gasteiger partial charge in [0.2, 0.25) is 0 Å². The van der Waals surface area contributed by atoms with E-state index in [2.05, 4.69) is 20.8 Å². The Morgan fingerprint density at radius 1 is 0.806 bits per heavy atom. The summed E-state index contributed by atoms with van der Waals surface area (Å²) in [5, 5.41) is 9.29. The second-order valence-electron chi connectivity index (χ2n) is 10.3. The Bertz CT molecular complexity index is 474. The fourth-order valence-electron chi connectivity index (χ4n) is 4.76. The summed E-state index contributed by atoms with van der Waals surface area (Å²) in [6.07, 6.45) is 19.8. The molecule has 4 heteroatoms. The van der Waals surface area contributed by atoms with E-state index in [4.69, 9.17) is 4.74 Å². The summed E-state index contributed by atoms with van der Waals surface area (Å²) in [5.41, 5.74) is 0. The molecule has 0 aromatic heterocycles. The number of carbonyl (C=O) groups excluding carboxylic acids is 1. The van der Waals surface area contributed by atoms with Crippen LogP contribution < -0.4 is 0 Å². The second kappa shape index (κ2) is 17.5. The first-order valence-corrected chi connectivity index (χ1v) is 13.4. The van der Waals surface area contributed by atoms with Crippen LogP contribution >= 0.6 is 0 Å². The van der Waals surface area contributed by atoms with Crippen LogP contribution in [0.15, 0.2) is 0 Å². The van der Waals surface area contributed by atoms with Gasteiger partial charge in [0.1, 0.15) is 6.10 Å². The van der Waals surface area contributed by atoms with Crippen molar-refractivity contribution in [1.82, 2.24) is 0 Å². The number of ether oxygens (including phenoxy) is 1. The molecule has 4 nitrogen and oxygen atoms in total. The van der Waals surface area contributed by atoms with Gasteiger partial charge in [-0.1, -0.05) is 91.4 Å². The van der Waals surface area contributed by atoms with Gasteiger partial charge in [-0.3, -0.25) is 9.59 Å². The first-order chi connectivity index (χ1) is 14.9. The van der Waals surface area contributed by atoms with Crippen molar-refractivity contribution in [2.45, 2.75) is 142 Å². The summed E-state index contributed by atoms with van der Waals surface area (Å²) in [7, 11) is 0. The molecule has 3 unspecified atom stereocenters. The minimum atomic E-state index is -0.766. The number of esters is 1. The van der Waals surface area contributed by atoms with Crippen molar-refractivity contribution in [3.8, 4) is 0 Å². The number of rotatable bonds is 18. The SMILES string of the molecule is CCCCCCC(CCCCCCCCCC(C)C)OC(=O)C1CCCC(C(=O)O)C1. The quantitative estimate of drug-likeness (QED) is 0.174. The van der Waals surface area contributed by atoms with Crippen LogP contribution in [0.5, 0.6) is 0 Å². The molecule has 31 heavy (non-hydrogen) atoms. The average Bonchev–Trinajstić information content (AvgIpc) is 2.75. The molecule has 0 heterocycles. The zero-order chi connectivity index (χ0) is 22.9. The highest BCUT2D eigenvalue weighted by atomic mass is 16.5. The van der Waals surface area contributed by atoms with E-state index < -0.39 is 5.97 Å². The van der Waals surface area contributed by atoms with E-state index in [0.29, 0.717) is 12.8 Å². The van der Waals surface area contributed by atoms with Gasteiger partial charge in [0, 0.05) is 0 Å². The van der Waals surface area contributed by atoms with Crippen LogP contribution in [0.4, 0.5) is 0 Å². The Hall–Kier alpha value is -1.06. The summed E-state index contributed by atoms with van der Waals surface area (Å²) in [5.74, 6) is -0.691. The van der Waals surface area contributed by atoms with E-state index in [9.17, 15) is 14.7 Å². The summed E-state index contributed by atoms with van der Waals surface area (Å²) in [4.78, 5) is 24.0. The maximum Gasteiger partial charge on any atom is 0.309 e. The van der Waals surface area contributed by atoms with Gasteiger partial charge in [-0.2, -0.15) is 0 Å². The van der Waals surface area contributed by atoms with E-state index >= 15 is 0 Å². The predicted octanol–water partition coefficient (Wildman–Crippen LogP) is 7.93. The molecule has 0 aromatic carbocycles. The van der Waals surface area contributed by atoms with Crippen molar-refractivity contribution in [1.29, 1.82) is 0 Å². The van der Waals surface area contributed by atoms with Crippen molar-refractivity contribution < 1.29 is 19.4 Å². The monoisotopic (exact) mass is 438 g/mol. The highest BCUT2D eigenvalue weighted by Crippen LogP contribution is 2.31. The molecule has 1 aliphatic carbocycles. The van der Waals surface area contributed by atoms with E-state index in [1.165, 1.54) is 64.2 Å². The van der Waals surface area contributed by atoms with Gasteiger partial charge in [-0.25, -0.2) is 0 Å². The summed E-state index contributed by atoms with van der Waals surface area (Å²) in [6.45, 7) is 6.80. The Kier molecular flexibility index (Phi) is 15.8. The standard InChI is InChI=1S/C27H50O4/c1-4-5-6-13-19-25(20-14-11-9-7-8-10-12-16-22(2)3)31-27(30)24-18-15-17-23(21-24)26(28)29/h22-25H,4-21H2,1-3H3,(H,28,29). The number of hydrogen-bond donors (Lipinski definition) is 1. The normalized spacial score (nSPS) is 20.0. The Morgan fingerprint density at radius 2 is 1.32 bits per heavy atom. The van der Waals surface area contributed by atoms with Crippen LogP contribution in [0, 0.1) is 17.8 Å². The van der Waals surface area contributed by atoms with Crippen molar-refractivity contribution in [2.75, 3.05) is 0 Å². The molecule has 0 bridgehead atoms. The molecule has 0 aromatic rings. The van der Waals surface area contributed by atoms with E-state index in [-0.39, 0.29) is 23.9 Å². The average molecular weight is 439 g/mol. The lowest BCUT2D eigenvalue weighted by Crippen LogP contribution is -2.31. The number of aliphatic carboxylic acids is 1. The molecule has 1 aliphatic rings. The highest BCUT2D eigenvalue weighted by molar-refractivity contribution is 5.75. The molecule has 1 saturated carbocycles. The second-order valence-corrected chi connectivity index (χ2v) is 10.3. The number of carbonyl (C=O) groups is 2. The van der Waals surface area contributed by atoms with E-state index in [0.717, 1.165) is 44.4 Å². The molecule has 1 N–H and O–H groups in total.